The summed E-state index contributed by atoms with van der Waals surface area (Å²) in [6, 6.07) is 0.850. The summed E-state index contributed by atoms with van der Waals surface area (Å²) in [7, 11) is 0. The van der Waals surface area contributed by atoms with Crippen molar-refractivity contribution in [3.8, 4) is 0 Å². The lowest BCUT2D eigenvalue weighted by Crippen LogP contribution is -2.46. The van der Waals surface area contributed by atoms with Crippen molar-refractivity contribution in [3.63, 3.8) is 0 Å². The molecule has 3 N–H and O–H groups in total. The van der Waals surface area contributed by atoms with E-state index in [-0.39, 0.29) is 0 Å². The van der Waals surface area contributed by atoms with Crippen molar-refractivity contribution in [3.05, 3.63) is 16.6 Å². The van der Waals surface area contributed by atoms with Crippen molar-refractivity contribution in [2.75, 3.05) is 0 Å². The fraction of sp³-hybridized carbons (Fsp3) is 0.700. The van der Waals surface area contributed by atoms with E-state index < -0.39 is 0 Å². The Morgan fingerprint density at radius 1 is 1.50 bits per heavy atom. The highest BCUT2D eigenvalue weighted by Gasteiger charge is 2.20. The molecule has 0 spiro atoms. The van der Waals surface area contributed by atoms with E-state index in [0.717, 1.165) is 6.54 Å². The van der Waals surface area contributed by atoms with Crippen molar-refractivity contribution >= 4 is 11.3 Å². The number of thiazole rings is 1. The summed E-state index contributed by atoms with van der Waals surface area (Å²) >= 11 is 1.70. The summed E-state index contributed by atoms with van der Waals surface area (Å²) in [6.45, 7) is 0.920. The topological polar surface area (TPSA) is 50.9 Å². The van der Waals surface area contributed by atoms with Crippen LogP contribution in [0.4, 0.5) is 0 Å². The van der Waals surface area contributed by atoms with Gasteiger partial charge in [0.2, 0.25) is 0 Å². The van der Waals surface area contributed by atoms with Crippen LogP contribution in [0.25, 0.3) is 0 Å². The molecule has 14 heavy (non-hydrogen) atoms. The predicted molar refractivity (Wildman–Crippen MR) is 59.2 cm³/mol. The van der Waals surface area contributed by atoms with E-state index in [9.17, 15) is 0 Å². The van der Waals surface area contributed by atoms with Crippen LogP contribution in [-0.4, -0.2) is 17.1 Å². The van der Waals surface area contributed by atoms with E-state index >= 15 is 0 Å². The van der Waals surface area contributed by atoms with Gasteiger partial charge < -0.3 is 11.1 Å². The molecule has 0 unspecified atom stereocenters. The number of hydrogen-bond acceptors (Lipinski definition) is 4. The lowest BCUT2D eigenvalue weighted by molar-refractivity contribution is 0.327. The van der Waals surface area contributed by atoms with Gasteiger partial charge in [-0.1, -0.05) is 12.8 Å². The van der Waals surface area contributed by atoms with Crippen molar-refractivity contribution in [2.24, 2.45) is 5.73 Å². The van der Waals surface area contributed by atoms with Gasteiger partial charge in [0.1, 0.15) is 0 Å². The first-order chi connectivity index (χ1) is 6.86. The van der Waals surface area contributed by atoms with E-state index in [4.69, 9.17) is 5.73 Å². The highest BCUT2D eigenvalue weighted by Crippen LogP contribution is 2.17. The van der Waals surface area contributed by atoms with E-state index in [0.29, 0.717) is 12.1 Å². The van der Waals surface area contributed by atoms with Crippen LogP contribution in [0.2, 0.25) is 0 Å². The zero-order valence-corrected chi connectivity index (χ0v) is 9.09. The highest BCUT2D eigenvalue weighted by atomic mass is 32.1. The molecule has 0 saturated heterocycles. The summed E-state index contributed by atoms with van der Waals surface area (Å²) in [5.41, 5.74) is 7.92. The van der Waals surface area contributed by atoms with Crippen molar-refractivity contribution in [1.82, 2.24) is 10.3 Å². The standard InChI is InChI=1S/C10H17N3S/c11-9-3-1-2-4-10(9)13-6-8-5-12-7-14-8/h5,7,9-10,13H,1-4,6,11H2/t9-,10-/m1/s1. The third-order valence-electron chi connectivity index (χ3n) is 2.84. The smallest absolute Gasteiger partial charge is 0.0794 e. The van der Waals surface area contributed by atoms with Gasteiger partial charge in [-0.2, -0.15) is 0 Å². The molecule has 1 aromatic rings. The van der Waals surface area contributed by atoms with Gasteiger partial charge >= 0.3 is 0 Å². The minimum absolute atomic E-state index is 0.344. The van der Waals surface area contributed by atoms with E-state index in [1.165, 1.54) is 30.6 Å². The maximum Gasteiger partial charge on any atom is 0.0794 e. The van der Waals surface area contributed by atoms with Gasteiger partial charge in [-0.25, -0.2) is 0 Å². The zero-order valence-electron chi connectivity index (χ0n) is 8.28. The molecule has 1 saturated carbocycles. The van der Waals surface area contributed by atoms with Crippen molar-refractivity contribution < 1.29 is 0 Å². The first kappa shape index (κ1) is 10.1. The highest BCUT2D eigenvalue weighted by molar-refractivity contribution is 7.09. The van der Waals surface area contributed by atoms with E-state index in [1.54, 1.807) is 11.3 Å². The number of hydrogen-bond donors (Lipinski definition) is 2. The molecule has 2 rings (SSSR count). The quantitative estimate of drug-likeness (QED) is 0.796. The van der Waals surface area contributed by atoms with Gasteiger partial charge in [-0.15, -0.1) is 11.3 Å². The molecule has 1 heterocycles. The summed E-state index contributed by atoms with van der Waals surface area (Å²) in [4.78, 5) is 5.35. The Kier molecular flexibility index (Phi) is 3.50. The summed E-state index contributed by atoms with van der Waals surface area (Å²) in [6.07, 6.45) is 6.92. The van der Waals surface area contributed by atoms with Crippen LogP contribution in [-0.2, 0) is 6.54 Å². The molecule has 78 valence electrons. The zero-order chi connectivity index (χ0) is 9.80. The van der Waals surface area contributed by atoms with Crippen molar-refractivity contribution in [1.29, 1.82) is 0 Å². The SMILES string of the molecule is N[C@@H]1CCCC[C@H]1NCc1cncs1. The lowest BCUT2D eigenvalue weighted by Gasteiger charge is -2.29. The van der Waals surface area contributed by atoms with Crippen molar-refractivity contribution in [2.45, 2.75) is 44.3 Å². The molecule has 0 radical (unpaired) electrons. The average molecular weight is 211 g/mol. The summed E-state index contributed by atoms with van der Waals surface area (Å²) in [5, 5.41) is 3.52. The summed E-state index contributed by atoms with van der Waals surface area (Å²) < 4.78 is 0. The van der Waals surface area contributed by atoms with E-state index in [2.05, 4.69) is 10.3 Å². The Morgan fingerprint density at radius 2 is 2.36 bits per heavy atom. The molecule has 1 aromatic heterocycles. The third-order valence-corrected chi connectivity index (χ3v) is 3.62. The molecule has 0 bridgehead atoms. The van der Waals surface area contributed by atoms with Crippen LogP contribution in [0.1, 0.15) is 30.6 Å². The van der Waals surface area contributed by atoms with E-state index in [1.807, 2.05) is 11.7 Å². The number of nitrogens with one attached hydrogen (secondary N) is 1. The second kappa shape index (κ2) is 4.87. The lowest BCUT2D eigenvalue weighted by atomic mass is 9.91. The molecule has 4 heteroatoms. The molecule has 2 atom stereocenters. The van der Waals surface area contributed by atoms with Crippen LogP contribution in [0.15, 0.2) is 11.7 Å². The Hall–Kier alpha value is -0.450. The Labute approximate surface area is 88.7 Å². The Morgan fingerprint density at radius 3 is 3.07 bits per heavy atom. The molecular weight excluding hydrogens is 194 g/mol. The van der Waals surface area contributed by atoms with Gasteiger partial charge in [0, 0.05) is 29.7 Å². The maximum atomic E-state index is 6.04. The maximum absolute atomic E-state index is 6.04. The monoisotopic (exact) mass is 211 g/mol. The van der Waals surface area contributed by atoms with Crippen LogP contribution in [0.3, 0.4) is 0 Å². The molecule has 1 fully saturated rings. The molecule has 1 aliphatic carbocycles. The number of nitrogens with two attached hydrogens (primary N) is 1. The largest absolute Gasteiger partial charge is 0.326 e. The minimum atomic E-state index is 0.344. The second-order valence-electron chi connectivity index (χ2n) is 3.90. The fourth-order valence-electron chi connectivity index (χ4n) is 1.97. The molecule has 0 aliphatic heterocycles. The Balaban J connectivity index is 1.79. The third kappa shape index (κ3) is 2.53. The normalized spacial score (nSPS) is 27.8. The van der Waals surface area contributed by atoms with Gasteiger partial charge in [0.05, 0.1) is 5.51 Å². The van der Waals surface area contributed by atoms with Crippen LogP contribution in [0, 0.1) is 0 Å². The number of aromatic nitrogens is 1. The molecule has 3 nitrogen and oxygen atoms in total. The number of rotatable bonds is 3. The fourth-order valence-corrected chi connectivity index (χ4v) is 2.52. The first-order valence-electron chi connectivity index (χ1n) is 5.22. The molecule has 1 aliphatic rings. The minimum Gasteiger partial charge on any atom is -0.326 e. The van der Waals surface area contributed by atoms with Gasteiger partial charge in [0.15, 0.2) is 0 Å². The second-order valence-corrected chi connectivity index (χ2v) is 4.87. The average Bonchev–Trinajstić information content (AvgIpc) is 2.69. The summed E-state index contributed by atoms with van der Waals surface area (Å²) in [5.74, 6) is 0. The van der Waals surface area contributed by atoms with Crippen LogP contribution >= 0.6 is 11.3 Å². The molecular formula is C10H17N3S. The van der Waals surface area contributed by atoms with Gasteiger partial charge in [-0.3, -0.25) is 4.98 Å². The predicted octanol–water partition coefficient (Wildman–Crippen LogP) is 1.50. The van der Waals surface area contributed by atoms with Gasteiger partial charge in [0.25, 0.3) is 0 Å². The first-order valence-corrected chi connectivity index (χ1v) is 6.10. The molecule has 0 amide bonds. The molecule has 0 aromatic carbocycles. The van der Waals surface area contributed by atoms with Crippen LogP contribution < -0.4 is 11.1 Å². The van der Waals surface area contributed by atoms with Crippen LogP contribution in [0.5, 0.6) is 0 Å². The number of nitrogens with zero attached hydrogens (tertiary/aromatic N) is 1. The Bertz CT molecular complexity index is 260. The van der Waals surface area contributed by atoms with Gasteiger partial charge in [-0.05, 0) is 12.8 Å².